The van der Waals surface area contributed by atoms with E-state index in [1.807, 2.05) is 19.2 Å². The molecule has 0 spiro atoms. The lowest BCUT2D eigenvalue weighted by molar-refractivity contribution is 0.576. The Hall–Kier alpha value is -1.38. The zero-order chi connectivity index (χ0) is 14.5. The van der Waals surface area contributed by atoms with Crippen LogP contribution >= 0.6 is 11.6 Å². The Labute approximate surface area is 124 Å². The first-order valence-electron chi connectivity index (χ1n) is 6.87. The molecule has 0 saturated carbocycles. The highest BCUT2D eigenvalue weighted by Crippen LogP contribution is 2.30. The van der Waals surface area contributed by atoms with Crippen LogP contribution in [0.25, 0.3) is 0 Å². The Morgan fingerprint density at radius 2 is 1.85 bits per heavy atom. The third kappa shape index (κ3) is 3.20. The lowest BCUT2D eigenvalue weighted by Gasteiger charge is -2.19. The summed E-state index contributed by atoms with van der Waals surface area (Å²) >= 11 is 6.15. The first-order chi connectivity index (χ1) is 9.67. The summed E-state index contributed by atoms with van der Waals surface area (Å²) in [6, 6.07) is 12.8. The Kier molecular flexibility index (Phi) is 5.16. The van der Waals surface area contributed by atoms with Crippen molar-refractivity contribution in [2.45, 2.75) is 25.8 Å². The highest BCUT2D eigenvalue weighted by molar-refractivity contribution is 6.31. The molecule has 0 fully saturated rings. The van der Waals surface area contributed by atoms with Gasteiger partial charge in [-0.1, -0.05) is 55.3 Å². The SMILES string of the molecule is CCCc1ccc(C(NC)c2c(F)cccc2Cl)cc1. The quantitative estimate of drug-likeness (QED) is 0.839. The van der Waals surface area contributed by atoms with Gasteiger partial charge in [0.25, 0.3) is 0 Å². The largest absolute Gasteiger partial charge is 0.309 e. The molecule has 0 aromatic heterocycles. The van der Waals surface area contributed by atoms with Crippen LogP contribution in [-0.2, 0) is 6.42 Å². The predicted octanol–water partition coefficient (Wildman–Crippen LogP) is 4.74. The number of halogens is 2. The predicted molar refractivity (Wildman–Crippen MR) is 82.7 cm³/mol. The highest BCUT2D eigenvalue weighted by Gasteiger charge is 2.19. The smallest absolute Gasteiger partial charge is 0.129 e. The molecule has 2 rings (SSSR count). The van der Waals surface area contributed by atoms with Gasteiger partial charge in [0.05, 0.1) is 6.04 Å². The molecule has 2 aromatic rings. The zero-order valence-corrected chi connectivity index (χ0v) is 12.5. The molecule has 106 valence electrons. The van der Waals surface area contributed by atoms with E-state index in [2.05, 4.69) is 24.4 Å². The molecule has 0 saturated heterocycles. The molecular formula is C17H19ClFN. The second-order valence-electron chi connectivity index (χ2n) is 4.85. The van der Waals surface area contributed by atoms with Crippen LogP contribution in [0.1, 0.15) is 36.1 Å². The van der Waals surface area contributed by atoms with Crippen molar-refractivity contribution in [2.24, 2.45) is 0 Å². The zero-order valence-electron chi connectivity index (χ0n) is 11.8. The van der Waals surface area contributed by atoms with E-state index in [4.69, 9.17) is 11.6 Å². The van der Waals surface area contributed by atoms with E-state index in [0.29, 0.717) is 10.6 Å². The van der Waals surface area contributed by atoms with Crippen molar-refractivity contribution in [3.8, 4) is 0 Å². The molecule has 0 radical (unpaired) electrons. The van der Waals surface area contributed by atoms with Crippen molar-refractivity contribution in [3.05, 3.63) is 70.0 Å². The average molecular weight is 292 g/mol. The molecule has 1 nitrogen and oxygen atoms in total. The molecule has 0 amide bonds. The summed E-state index contributed by atoms with van der Waals surface area (Å²) in [6.07, 6.45) is 2.18. The third-order valence-electron chi connectivity index (χ3n) is 3.43. The van der Waals surface area contributed by atoms with Crippen LogP contribution in [-0.4, -0.2) is 7.05 Å². The van der Waals surface area contributed by atoms with E-state index < -0.39 is 0 Å². The molecule has 0 aliphatic carbocycles. The summed E-state index contributed by atoms with van der Waals surface area (Å²) in [5, 5.41) is 3.59. The minimum Gasteiger partial charge on any atom is -0.309 e. The lowest BCUT2D eigenvalue weighted by Crippen LogP contribution is -2.19. The van der Waals surface area contributed by atoms with Crippen molar-refractivity contribution >= 4 is 11.6 Å². The van der Waals surface area contributed by atoms with Crippen LogP contribution < -0.4 is 5.32 Å². The summed E-state index contributed by atoms with van der Waals surface area (Å²) in [5.74, 6) is -0.283. The van der Waals surface area contributed by atoms with Gasteiger partial charge in [0, 0.05) is 10.6 Å². The number of nitrogens with one attached hydrogen (secondary N) is 1. The average Bonchev–Trinajstić information content (AvgIpc) is 2.45. The van der Waals surface area contributed by atoms with Gasteiger partial charge in [0.1, 0.15) is 5.82 Å². The number of hydrogen-bond acceptors (Lipinski definition) is 1. The monoisotopic (exact) mass is 291 g/mol. The van der Waals surface area contributed by atoms with Crippen molar-refractivity contribution in [2.75, 3.05) is 7.05 Å². The third-order valence-corrected chi connectivity index (χ3v) is 3.76. The van der Waals surface area contributed by atoms with Gasteiger partial charge in [-0.05, 0) is 36.7 Å². The van der Waals surface area contributed by atoms with Crippen LogP contribution in [0.5, 0.6) is 0 Å². The maximum absolute atomic E-state index is 14.0. The lowest BCUT2D eigenvalue weighted by atomic mass is 9.96. The maximum atomic E-state index is 14.0. The molecule has 3 heteroatoms. The number of hydrogen-bond donors (Lipinski definition) is 1. The summed E-state index contributed by atoms with van der Waals surface area (Å²) in [5.41, 5.74) is 2.81. The van der Waals surface area contributed by atoms with Crippen LogP contribution in [0, 0.1) is 5.82 Å². The van der Waals surface area contributed by atoms with E-state index in [-0.39, 0.29) is 11.9 Å². The first kappa shape index (κ1) is 15.0. The van der Waals surface area contributed by atoms with Crippen LogP contribution in [0.2, 0.25) is 5.02 Å². The Morgan fingerprint density at radius 1 is 1.15 bits per heavy atom. The molecule has 1 atom stereocenters. The van der Waals surface area contributed by atoms with Gasteiger partial charge in [-0.3, -0.25) is 0 Å². The van der Waals surface area contributed by atoms with Crippen molar-refractivity contribution in [3.63, 3.8) is 0 Å². The number of aryl methyl sites for hydroxylation is 1. The standard InChI is InChI=1S/C17H19ClFN/c1-3-5-12-8-10-13(11-9-12)17(20-2)16-14(18)6-4-7-15(16)19/h4,6-11,17,20H,3,5H2,1-2H3. The van der Waals surface area contributed by atoms with Gasteiger partial charge >= 0.3 is 0 Å². The van der Waals surface area contributed by atoms with Crippen molar-refractivity contribution in [1.29, 1.82) is 0 Å². The van der Waals surface area contributed by atoms with Gasteiger partial charge in [-0.15, -0.1) is 0 Å². The second kappa shape index (κ2) is 6.87. The summed E-state index contributed by atoms with van der Waals surface area (Å²) in [4.78, 5) is 0. The molecule has 0 heterocycles. The molecule has 1 N–H and O–H groups in total. The summed E-state index contributed by atoms with van der Waals surface area (Å²) < 4.78 is 14.0. The van der Waals surface area contributed by atoms with Crippen LogP contribution in [0.3, 0.4) is 0 Å². The molecule has 0 bridgehead atoms. The van der Waals surface area contributed by atoms with Crippen molar-refractivity contribution in [1.82, 2.24) is 5.32 Å². The topological polar surface area (TPSA) is 12.0 Å². The minimum absolute atomic E-state index is 0.237. The molecule has 20 heavy (non-hydrogen) atoms. The van der Waals surface area contributed by atoms with Gasteiger partial charge in [-0.25, -0.2) is 4.39 Å². The van der Waals surface area contributed by atoms with E-state index in [9.17, 15) is 4.39 Å². The fourth-order valence-corrected chi connectivity index (χ4v) is 2.70. The number of benzene rings is 2. The fourth-order valence-electron chi connectivity index (χ4n) is 2.43. The molecule has 0 aliphatic heterocycles. The number of rotatable bonds is 5. The Bertz CT molecular complexity index is 545. The Balaban J connectivity index is 2.37. The molecular weight excluding hydrogens is 273 g/mol. The Morgan fingerprint density at radius 3 is 2.40 bits per heavy atom. The summed E-state index contributed by atoms with van der Waals surface area (Å²) in [7, 11) is 1.81. The molecule has 0 aliphatic rings. The van der Waals surface area contributed by atoms with Crippen LogP contribution in [0.15, 0.2) is 42.5 Å². The van der Waals surface area contributed by atoms with Gasteiger partial charge in [0.15, 0.2) is 0 Å². The van der Waals surface area contributed by atoms with E-state index in [1.165, 1.54) is 11.6 Å². The second-order valence-corrected chi connectivity index (χ2v) is 5.26. The normalized spacial score (nSPS) is 12.4. The van der Waals surface area contributed by atoms with Gasteiger partial charge in [0.2, 0.25) is 0 Å². The first-order valence-corrected chi connectivity index (χ1v) is 7.25. The maximum Gasteiger partial charge on any atom is 0.129 e. The molecule has 1 unspecified atom stereocenters. The molecule has 2 aromatic carbocycles. The minimum atomic E-state index is -0.283. The van der Waals surface area contributed by atoms with E-state index >= 15 is 0 Å². The fraction of sp³-hybridized carbons (Fsp3) is 0.294. The van der Waals surface area contributed by atoms with Crippen LogP contribution in [0.4, 0.5) is 4.39 Å². The van der Waals surface area contributed by atoms with E-state index in [1.54, 1.807) is 12.1 Å². The van der Waals surface area contributed by atoms with Crippen molar-refractivity contribution < 1.29 is 4.39 Å². The highest BCUT2D eigenvalue weighted by atomic mass is 35.5. The van der Waals surface area contributed by atoms with E-state index in [0.717, 1.165) is 18.4 Å². The van der Waals surface area contributed by atoms with Gasteiger partial charge in [-0.2, -0.15) is 0 Å². The summed E-state index contributed by atoms with van der Waals surface area (Å²) in [6.45, 7) is 2.16. The van der Waals surface area contributed by atoms with Gasteiger partial charge < -0.3 is 5.32 Å².